The van der Waals surface area contributed by atoms with Crippen LogP contribution in [0.3, 0.4) is 0 Å². The first-order valence-electron chi connectivity index (χ1n) is 9.73. The molecule has 0 aromatic heterocycles. The summed E-state index contributed by atoms with van der Waals surface area (Å²) in [4.78, 5) is 24.6. The van der Waals surface area contributed by atoms with Crippen LogP contribution in [0.1, 0.15) is 28.9 Å². The molecule has 2 amide bonds. The molecule has 1 aliphatic heterocycles. The molecule has 1 heterocycles. The Morgan fingerprint density at radius 2 is 1.60 bits per heavy atom. The number of fused-ring (bicyclic) bond motifs is 1. The molecule has 0 fully saturated rings. The van der Waals surface area contributed by atoms with E-state index < -0.39 is 0 Å². The van der Waals surface area contributed by atoms with E-state index in [0.29, 0.717) is 17.1 Å². The van der Waals surface area contributed by atoms with Crippen LogP contribution in [-0.2, 0) is 4.79 Å². The van der Waals surface area contributed by atoms with Gasteiger partial charge in [-0.1, -0.05) is 54.6 Å². The van der Waals surface area contributed by atoms with Gasteiger partial charge >= 0.3 is 0 Å². The Morgan fingerprint density at radius 3 is 2.37 bits per heavy atom. The molecule has 0 spiro atoms. The van der Waals surface area contributed by atoms with Crippen LogP contribution in [-0.4, -0.2) is 25.2 Å². The smallest absolute Gasteiger partial charge is 0.251 e. The van der Waals surface area contributed by atoms with Crippen molar-refractivity contribution in [2.24, 2.45) is 0 Å². The Hall–Kier alpha value is -3.80. The van der Waals surface area contributed by atoms with Crippen molar-refractivity contribution >= 4 is 11.8 Å². The average Bonchev–Trinajstić information content (AvgIpc) is 3.26. The van der Waals surface area contributed by atoms with E-state index in [4.69, 9.17) is 9.47 Å². The van der Waals surface area contributed by atoms with Crippen molar-refractivity contribution in [1.29, 1.82) is 0 Å². The maximum absolute atomic E-state index is 12.3. The lowest BCUT2D eigenvalue weighted by molar-refractivity contribution is -0.120. The van der Waals surface area contributed by atoms with Gasteiger partial charge in [0.05, 0.1) is 12.6 Å². The summed E-state index contributed by atoms with van der Waals surface area (Å²) in [6, 6.07) is 22.9. The van der Waals surface area contributed by atoms with Crippen molar-refractivity contribution < 1.29 is 19.1 Å². The lowest BCUT2D eigenvalue weighted by Gasteiger charge is -2.15. The highest BCUT2D eigenvalue weighted by molar-refractivity contribution is 5.97. The van der Waals surface area contributed by atoms with E-state index >= 15 is 0 Å². The van der Waals surface area contributed by atoms with E-state index in [9.17, 15) is 9.59 Å². The van der Waals surface area contributed by atoms with Crippen LogP contribution in [0, 0.1) is 0 Å². The molecule has 0 bridgehead atoms. The Kier molecular flexibility index (Phi) is 5.66. The van der Waals surface area contributed by atoms with Crippen molar-refractivity contribution in [3.63, 3.8) is 0 Å². The molecule has 0 saturated heterocycles. The molecule has 3 aromatic carbocycles. The monoisotopic (exact) mass is 402 g/mol. The van der Waals surface area contributed by atoms with Gasteiger partial charge < -0.3 is 20.1 Å². The van der Waals surface area contributed by atoms with Crippen molar-refractivity contribution in [2.75, 3.05) is 13.3 Å². The van der Waals surface area contributed by atoms with Gasteiger partial charge in [-0.25, -0.2) is 0 Å². The van der Waals surface area contributed by atoms with Crippen LogP contribution in [0.2, 0.25) is 0 Å². The Balaban J connectivity index is 1.30. The van der Waals surface area contributed by atoms with Crippen LogP contribution in [0.15, 0.2) is 72.8 Å². The van der Waals surface area contributed by atoms with Gasteiger partial charge in [-0.05, 0) is 41.8 Å². The zero-order valence-electron chi connectivity index (χ0n) is 16.6. The van der Waals surface area contributed by atoms with Crippen molar-refractivity contribution in [1.82, 2.24) is 10.6 Å². The van der Waals surface area contributed by atoms with Gasteiger partial charge in [0.2, 0.25) is 12.7 Å². The first kappa shape index (κ1) is 19.5. The quantitative estimate of drug-likeness (QED) is 0.659. The first-order valence-corrected chi connectivity index (χ1v) is 9.73. The molecule has 0 saturated carbocycles. The molecule has 1 aliphatic rings. The number of carbonyl (C=O) groups excluding carboxylic acids is 2. The van der Waals surface area contributed by atoms with Gasteiger partial charge in [-0.3, -0.25) is 9.59 Å². The summed E-state index contributed by atoms with van der Waals surface area (Å²) in [5.41, 5.74) is 3.67. The molecule has 3 aromatic rings. The molecular weight excluding hydrogens is 380 g/mol. The number of hydrogen-bond donors (Lipinski definition) is 2. The maximum Gasteiger partial charge on any atom is 0.251 e. The molecule has 0 aliphatic carbocycles. The fourth-order valence-corrected chi connectivity index (χ4v) is 3.27. The third-order valence-electron chi connectivity index (χ3n) is 4.94. The zero-order chi connectivity index (χ0) is 20.9. The van der Waals surface area contributed by atoms with Crippen LogP contribution >= 0.6 is 0 Å². The number of amides is 2. The summed E-state index contributed by atoms with van der Waals surface area (Å²) >= 11 is 0. The highest BCUT2D eigenvalue weighted by Gasteiger charge is 2.17. The summed E-state index contributed by atoms with van der Waals surface area (Å²) in [5, 5.41) is 5.54. The maximum atomic E-state index is 12.3. The third kappa shape index (κ3) is 4.43. The van der Waals surface area contributed by atoms with E-state index in [1.807, 2.05) is 49.4 Å². The first-order chi connectivity index (χ1) is 14.6. The molecule has 1 atom stereocenters. The van der Waals surface area contributed by atoms with E-state index in [0.717, 1.165) is 16.7 Å². The number of rotatable bonds is 6. The molecule has 152 valence electrons. The molecule has 30 heavy (non-hydrogen) atoms. The van der Waals surface area contributed by atoms with E-state index in [1.54, 1.807) is 18.2 Å². The summed E-state index contributed by atoms with van der Waals surface area (Å²) in [6.07, 6.45) is 0. The number of benzene rings is 3. The van der Waals surface area contributed by atoms with Crippen LogP contribution < -0.4 is 20.1 Å². The number of ether oxygens (including phenoxy) is 2. The van der Waals surface area contributed by atoms with Crippen LogP contribution in [0.5, 0.6) is 11.5 Å². The standard InChI is InChI=1S/C24H22N2O4/c1-16(17-7-9-19(10-8-17)18-5-3-2-4-6-18)26-23(27)14-25-24(28)20-11-12-21-22(13-20)30-15-29-21/h2-13,16H,14-15H2,1H3,(H,25,28)(H,26,27)/t16-/m1/s1. The molecule has 4 rings (SSSR count). The molecule has 2 N–H and O–H groups in total. The van der Waals surface area contributed by atoms with Gasteiger partial charge in [0.1, 0.15) is 0 Å². The predicted octanol–water partition coefficient (Wildman–Crippen LogP) is 3.69. The SMILES string of the molecule is C[C@@H](NC(=O)CNC(=O)c1ccc2c(c1)OCO2)c1ccc(-c2ccccc2)cc1. The van der Waals surface area contributed by atoms with Gasteiger partial charge in [0, 0.05) is 5.56 Å². The summed E-state index contributed by atoms with van der Waals surface area (Å²) in [5.74, 6) is 0.531. The average molecular weight is 402 g/mol. The Morgan fingerprint density at radius 1 is 0.900 bits per heavy atom. The minimum absolute atomic E-state index is 0.111. The normalized spacial score (nSPS) is 12.8. The fourth-order valence-electron chi connectivity index (χ4n) is 3.27. The van der Waals surface area contributed by atoms with E-state index in [1.165, 1.54) is 0 Å². The molecule has 0 unspecified atom stereocenters. The third-order valence-corrected chi connectivity index (χ3v) is 4.94. The van der Waals surface area contributed by atoms with Crippen molar-refractivity contribution in [2.45, 2.75) is 13.0 Å². The van der Waals surface area contributed by atoms with Gasteiger partial charge in [0.15, 0.2) is 11.5 Å². The largest absolute Gasteiger partial charge is 0.454 e. The van der Waals surface area contributed by atoms with Crippen molar-refractivity contribution in [3.8, 4) is 22.6 Å². The van der Waals surface area contributed by atoms with Gasteiger partial charge in [-0.15, -0.1) is 0 Å². The summed E-state index contributed by atoms with van der Waals surface area (Å²) < 4.78 is 10.5. The highest BCUT2D eigenvalue weighted by Crippen LogP contribution is 2.32. The van der Waals surface area contributed by atoms with E-state index in [-0.39, 0.29) is 31.2 Å². The fraction of sp³-hybridized carbons (Fsp3) is 0.167. The van der Waals surface area contributed by atoms with Gasteiger partial charge in [-0.2, -0.15) is 0 Å². The molecule has 0 radical (unpaired) electrons. The lowest BCUT2D eigenvalue weighted by atomic mass is 10.0. The van der Waals surface area contributed by atoms with Crippen LogP contribution in [0.25, 0.3) is 11.1 Å². The van der Waals surface area contributed by atoms with E-state index in [2.05, 4.69) is 22.8 Å². The predicted molar refractivity (Wildman–Crippen MR) is 113 cm³/mol. The Bertz CT molecular complexity index is 1050. The minimum Gasteiger partial charge on any atom is -0.454 e. The molecular formula is C24H22N2O4. The molecule has 6 nitrogen and oxygen atoms in total. The number of carbonyl (C=O) groups is 2. The topological polar surface area (TPSA) is 76.7 Å². The summed E-state index contributed by atoms with van der Waals surface area (Å²) in [6.45, 7) is 1.95. The molecule has 6 heteroatoms. The van der Waals surface area contributed by atoms with Gasteiger partial charge in [0.25, 0.3) is 5.91 Å². The minimum atomic E-state index is -0.344. The highest BCUT2D eigenvalue weighted by atomic mass is 16.7. The van der Waals surface area contributed by atoms with Crippen molar-refractivity contribution in [3.05, 3.63) is 83.9 Å². The second-order valence-corrected chi connectivity index (χ2v) is 7.03. The number of hydrogen-bond acceptors (Lipinski definition) is 4. The summed E-state index contributed by atoms with van der Waals surface area (Å²) in [7, 11) is 0. The second-order valence-electron chi connectivity index (χ2n) is 7.03. The second kappa shape index (κ2) is 8.69. The number of nitrogens with one attached hydrogen (secondary N) is 2. The Labute approximate surface area is 174 Å². The lowest BCUT2D eigenvalue weighted by Crippen LogP contribution is -2.38. The van der Waals surface area contributed by atoms with Crippen LogP contribution in [0.4, 0.5) is 0 Å². The zero-order valence-corrected chi connectivity index (χ0v) is 16.6.